The summed E-state index contributed by atoms with van der Waals surface area (Å²) in [5.41, 5.74) is 6.65. The molecule has 4 rings (SSSR count). The lowest BCUT2D eigenvalue weighted by molar-refractivity contribution is -0.115. The number of hydrogen-bond acceptors (Lipinski definition) is 4. The van der Waals surface area contributed by atoms with E-state index in [0.717, 1.165) is 29.7 Å². The molecule has 0 bridgehead atoms. The number of urea groups is 1. The van der Waals surface area contributed by atoms with Gasteiger partial charge in [-0.1, -0.05) is 33.8 Å². The summed E-state index contributed by atoms with van der Waals surface area (Å²) in [6.45, 7) is 11.3. The summed E-state index contributed by atoms with van der Waals surface area (Å²) < 4.78 is 5.63. The van der Waals surface area contributed by atoms with Crippen LogP contribution >= 0.6 is 0 Å². The summed E-state index contributed by atoms with van der Waals surface area (Å²) in [5, 5.41) is 8.15. The predicted octanol–water partition coefficient (Wildman–Crippen LogP) is 3.87. The molecule has 1 saturated heterocycles. The molecule has 0 spiro atoms. The van der Waals surface area contributed by atoms with Crippen molar-refractivity contribution < 1.29 is 14.3 Å². The number of carbonyl (C=O) groups is 2. The first kappa shape index (κ1) is 20.3. The minimum absolute atomic E-state index is 0.0756. The summed E-state index contributed by atoms with van der Waals surface area (Å²) in [6, 6.07) is 4.04. The molecule has 0 unspecified atom stereocenters. The van der Waals surface area contributed by atoms with Crippen molar-refractivity contribution in [3.63, 3.8) is 0 Å². The largest absolute Gasteiger partial charge is 0.495 e. The van der Waals surface area contributed by atoms with E-state index in [2.05, 4.69) is 62.7 Å². The lowest BCUT2D eigenvalue weighted by Gasteiger charge is -2.42. The van der Waals surface area contributed by atoms with Crippen LogP contribution in [0.3, 0.4) is 0 Å². The number of rotatable bonds is 2. The van der Waals surface area contributed by atoms with E-state index in [4.69, 9.17) is 4.74 Å². The van der Waals surface area contributed by atoms with Crippen LogP contribution in [0.5, 0.6) is 0 Å². The van der Waals surface area contributed by atoms with Crippen LogP contribution in [0.25, 0.3) is 5.70 Å². The fourth-order valence-corrected chi connectivity index (χ4v) is 4.54. The topological polar surface area (TPSA) is 79.5 Å². The van der Waals surface area contributed by atoms with Gasteiger partial charge in [-0.2, -0.15) is 0 Å². The van der Waals surface area contributed by atoms with Gasteiger partial charge < -0.3 is 15.4 Å². The number of nitrogens with one attached hydrogen (secondary N) is 3. The van der Waals surface area contributed by atoms with E-state index in [-0.39, 0.29) is 16.5 Å². The molecule has 6 heteroatoms. The van der Waals surface area contributed by atoms with E-state index in [0.29, 0.717) is 11.5 Å². The monoisotopic (exact) mass is 407 g/mol. The number of ether oxygens (including phenoxy) is 1. The third kappa shape index (κ3) is 3.20. The maximum absolute atomic E-state index is 12.1. The number of methoxy groups -OCH3 is 1. The normalized spacial score (nSPS) is 24.2. The van der Waals surface area contributed by atoms with E-state index >= 15 is 0 Å². The summed E-state index contributed by atoms with van der Waals surface area (Å²) in [5.74, 6) is 0.234. The number of allylic oxidation sites excluding steroid dienone is 2. The molecule has 0 aromatic heterocycles. The number of carbonyl (C=O) groups excluding carboxylic acids is 2. The average molecular weight is 408 g/mol. The Hall–Kier alpha value is -3.02. The van der Waals surface area contributed by atoms with Gasteiger partial charge in [0.25, 0.3) is 5.91 Å². The molecule has 158 valence electrons. The fraction of sp³-hybridized carbons (Fsp3) is 0.417. The molecule has 3 amide bonds. The number of aryl methyl sites for hydroxylation is 1. The summed E-state index contributed by atoms with van der Waals surface area (Å²) in [4.78, 5) is 23.7. The van der Waals surface area contributed by atoms with Crippen LogP contribution < -0.4 is 16.0 Å². The van der Waals surface area contributed by atoms with Crippen molar-refractivity contribution in [3.8, 4) is 0 Å². The smallest absolute Gasteiger partial charge is 0.326 e. The number of fused-ring (bicyclic) bond motifs is 1. The Balaban J connectivity index is 1.86. The minimum Gasteiger partial charge on any atom is -0.495 e. The van der Waals surface area contributed by atoms with Crippen LogP contribution in [0.15, 0.2) is 41.4 Å². The van der Waals surface area contributed by atoms with Crippen LogP contribution in [0.4, 0.5) is 4.79 Å². The van der Waals surface area contributed by atoms with Crippen LogP contribution in [-0.4, -0.2) is 19.0 Å². The van der Waals surface area contributed by atoms with Crippen molar-refractivity contribution in [1.29, 1.82) is 0 Å². The number of hydrogen-bond donors (Lipinski definition) is 3. The average Bonchev–Trinajstić information content (AvgIpc) is 3.03. The van der Waals surface area contributed by atoms with Gasteiger partial charge in [0.15, 0.2) is 0 Å². The van der Waals surface area contributed by atoms with E-state index in [9.17, 15) is 9.59 Å². The standard InChI is InChI=1S/C24H29N3O3/c1-13-11-15-16(24(4,5)10-9-23(15,2)3)12-14(13)19-18(30-6)8-7-17(25-19)20-21(28)27-22(29)26-20/h7-8,11-12,25H,9-10H2,1-6H3,(H2,26,27,28,29). The van der Waals surface area contributed by atoms with Gasteiger partial charge in [-0.3, -0.25) is 10.1 Å². The van der Waals surface area contributed by atoms with Crippen LogP contribution in [0.1, 0.15) is 62.8 Å². The van der Waals surface area contributed by atoms with Crippen molar-refractivity contribution in [2.24, 2.45) is 0 Å². The van der Waals surface area contributed by atoms with Crippen molar-refractivity contribution in [2.45, 2.75) is 58.3 Å². The van der Waals surface area contributed by atoms with E-state index in [1.165, 1.54) is 11.1 Å². The van der Waals surface area contributed by atoms with E-state index < -0.39 is 11.9 Å². The zero-order valence-electron chi connectivity index (χ0n) is 18.4. The number of benzene rings is 1. The first-order valence-electron chi connectivity index (χ1n) is 10.3. The van der Waals surface area contributed by atoms with E-state index in [1.54, 1.807) is 13.2 Å². The van der Waals surface area contributed by atoms with Gasteiger partial charge in [-0.25, -0.2) is 4.79 Å². The van der Waals surface area contributed by atoms with Gasteiger partial charge >= 0.3 is 6.03 Å². The molecule has 30 heavy (non-hydrogen) atoms. The van der Waals surface area contributed by atoms with Crippen LogP contribution in [-0.2, 0) is 20.4 Å². The number of amides is 3. The predicted molar refractivity (Wildman–Crippen MR) is 116 cm³/mol. The molecular formula is C24H29N3O3. The molecule has 3 aliphatic rings. The number of imide groups is 1. The molecule has 6 nitrogen and oxygen atoms in total. The molecule has 2 aliphatic heterocycles. The Morgan fingerprint density at radius 3 is 2.07 bits per heavy atom. The summed E-state index contributed by atoms with van der Waals surface area (Å²) in [6.07, 6.45) is 5.84. The highest BCUT2D eigenvalue weighted by Gasteiger charge is 2.38. The zero-order valence-corrected chi connectivity index (χ0v) is 18.4. The molecular weight excluding hydrogens is 378 g/mol. The molecule has 1 aliphatic carbocycles. The van der Waals surface area contributed by atoms with Gasteiger partial charge in [0.1, 0.15) is 11.5 Å². The van der Waals surface area contributed by atoms with Gasteiger partial charge in [0.05, 0.1) is 18.5 Å². The molecule has 2 heterocycles. The Morgan fingerprint density at radius 1 is 0.867 bits per heavy atom. The molecule has 0 radical (unpaired) electrons. The highest BCUT2D eigenvalue weighted by molar-refractivity contribution is 6.12. The van der Waals surface area contributed by atoms with Gasteiger partial charge in [-0.15, -0.1) is 0 Å². The van der Waals surface area contributed by atoms with Crippen LogP contribution in [0, 0.1) is 6.92 Å². The molecule has 1 aromatic carbocycles. The third-order valence-corrected chi connectivity index (χ3v) is 6.56. The van der Waals surface area contributed by atoms with Gasteiger partial charge in [0.2, 0.25) is 0 Å². The Labute approximate surface area is 177 Å². The van der Waals surface area contributed by atoms with Crippen molar-refractivity contribution in [2.75, 3.05) is 7.11 Å². The molecule has 0 atom stereocenters. The maximum atomic E-state index is 12.1. The second-order valence-electron chi connectivity index (χ2n) is 9.58. The minimum atomic E-state index is -0.519. The summed E-state index contributed by atoms with van der Waals surface area (Å²) >= 11 is 0. The first-order valence-corrected chi connectivity index (χ1v) is 10.3. The fourth-order valence-electron chi connectivity index (χ4n) is 4.54. The van der Waals surface area contributed by atoms with Crippen molar-refractivity contribution in [3.05, 3.63) is 63.7 Å². The van der Waals surface area contributed by atoms with Crippen molar-refractivity contribution in [1.82, 2.24) is 16.0 Å². The second-order valence-corrected chi connectivity index (χ2v) is 9.58. The van der Waals surface area contributed by atoms with Gasteiger partial charge in [0, 0.05) is 5.56 Å². The maximum Gasteiger partial charge on any atom is 0.326 e. The van der Waals surface area contributed by atoms with E-state index in [1.807, 2.05) is 6.08 Å². The highest BCUT2D eigenvalue weighted by Crippen LogP contribution is 2.47. The lowest BCUT2D eigenvalue weighted by Crippen LogP contribution is -2.34. The molecule has 0 saturated carbocycles. The molecule has 3 N–H and O–H groups in total. The second kappa shape index (κ2) is 6.76. The Morgan fingerprint density at radius 2 is 1.50 bits per heavy atom. The Bertz CT molecular complexity index is 1060. The lowest BCUT2D eigenvalue weighted by atomic mass is 9.62. The summed E-state index contributed by atoms with van der Waals surface area (Å²) in [7, 11) is 1.63. The Kier molecular flexibility index (Phi) is 4.56. The SMILES string of the molecule is COC1=C(c2cc3c(cc2C)C(C)(C)CCC3(C)C)NC(=C2NC(=O)NC2=O)C=C1. The number of dihydropyridines is 1. The van der Waals surface area contributed by atoms with Gasteiger partial charge in [-0.05, 0) is 65.5 Å². The quantitative estimate of drug-likeness (QED) is 0.514. The molecule has 1 aromatic rings. The van der Waals surface area contributed by atoms with Crippen LogP contribution in [0.2, 0.25) is 0 Å². The highest BCUT2D eigenvalue weighted by atomic mass is 16.5. The first-order chi connectivity index (χ1) is 14.0. The third-order valence-electron chi connectivity index (χ3n) is 6.56. The van der Waals surface area contributed by atoms with Crippen molar-refractivity contribution >= 4 is 17.6 Å². The zero-order chi connectivity index (χ0) is 21.8. The molecule has 1 fully saturated rings.